The fraction of sp³-hybridized carbons (Fsp3) is 0.583. The Morgan fingerprint density at radius 1 is 1.30 bits per heavy atom. The first kappa shape index (κ1) is 21.0. The van der Waals surface area contributed by atoms with E-state index in [4.69, 9.17) is 4.74 Å². The summed E-state index contributed by atoms with van der Waals surface area (Å²) in [6, 6.07) is 7.20. The van der Waals surface area contributed by atoms with Crippen molar-refractivity contribution < 1.29 is 19.0 Å². The zero-order valence-electron chi connectivity index (χ0n) is 17.6. The van der Waals surface area contributed by atoms with E-state index < -0.39 is 18.1 Å². The minimum absolute atomic E-state index is 0.0283. The SMILES string of the molecule is COc1ccc2nccc([C@H](F)CC[C@@H]3CCN(CCC4CC4)C[C@@H]3C(=O)O)c2c1. The number of hydrogen-bond donors (Lipinski definition) is 1. The van der Waals surface area contributed by atoms with Crippen LogP contribution in [0.4, 0.5) is 4.39 Å². The fourth-order valence-electron chi connectivity index (χ4n) is 4.73. The van der Waals surface area contributed by atoms with Crippen molar-refractivity contribution in [2.45, 2.75) is 44.7 Å². The Balaban J connectivity index is 1.39. The van der Waals surface area contributed by atoms with Gasteiger partial charge in [-0.2, -0.15) is 0 Å². The van der Waals surface area contributed by atoms with Gasteiger partial charge in [-0.15, -0.1) is 0 Å². The number of hydrogen-bond acceptors (Lipinski definition) is 4. The first-order chi connectivity index (χ1) is 14.5. The van der Waals surface area contributed by atoms with Crippen LogP contribution in [0.25, 0.3) is 10.9 Å². The Morgan fingerprint density at radius 3 is 2.87 bits per heavy atom. The molecule has 1 aromatic heterocycles. The van der Waals surface area contributed by atoms with Gasteiger partial charge in [-0.1, -0.05) is 12.8 Å². The highest BCUT2D eigenvalue weighted by Gasteiger charge is 2.35. The first-order valence-corrected chi connectivity index (χ1v) is 11.1. The zero-order chi connectivity index (χ0) is 21.1. The highest BCUT2D eigenvalue weighted by molar-refractivity contribution is 5.83. The van der Waals surface area contributed by atoms with Crippen molar-refractivity contribution in [3.63, 3.8) is 0 Å². The molecule has 4 rings (SSSR count). The Labute approximate surface area is 177 Å². The summed E-state index contributed by atoms with van der Waals surface area (Å²) < 4.78 is 20.5. The number of piperidine rings is 1. The van der Waals surface area contributed by atoms with Crippen LogP contribution in [-0.2, 0) is 4.79 Å². The number of likely N-dealkylation sites (tertiary alicyclic amines) is 1. The normalized spacial score (nSPS) is 23.4. The van der Waals surface area contributed by atoms with Gasteiger partial charge in [0.1, 0.15) is 11.9 Å². The average molecular weight is 415 g/mol. The number of alkyl halides is 1. The summed E-state index contributed by atoms with van der Waals surface area (Å²) in [7, 11) is 1.59. The topological polar surface area (TPSA) is 62.7 Å². The molecule has 2 aliphatic rings. The third-order valence-electron chi connectivity index (χ3n) is 6.82. The Kier molecular flexibility index (Phi) is 6.52. The molecule has 1 saturated heterocycles. The highest BCUT2D eigenvalue weighted by Crippen LogP contribution is 2.36. The molecular formula is C24H31FN2O3. The van der Waals surface area contributed by atoms with Gasteiger partial charge in [-0.3, -0.25) is 9.78 Å². The van der Waals surface area contributed by atoms with Gasteiger partial charge < -0.3 is 14.7 Å². The van der Waals surface area contributed by atoms with Gasteiger partial charge in [-0.05, 0) is 80.4 Å². The molecule has 162 valence electrons. The van der Waals surface area contributed by atoms with Gasteiger partial charge in [-0.25, -0.2) is 4.39 Å². The molecule has 1 aromatic carbocycles. The Morgan fingerprint density at radius 2 is 2.13 bits per heavy atom. The van der Waals surface area contributed by atoms with Crippen LogP contribution in [0.5, 0.6) is 5.75 Å². The van der Waals surface area contributed by atoms with E-state index in [1.807, 2.05) is 18.2 Å². The second-order valence-corrected chi connectivity index (χ2v) is 8.85. The summed E-state index contributed by atoms with van der Waals surface area (Å²) in [5.74, 6) is 0.409. The fourth-order valence-corrected chi connectivity index (χ4v) is 4.73. The summed E-state index contributed by atoms with van der Waals surface area (Å²) in [6.45, 7) is 2.52. The number of rotatable bonds is 9. The standard InChI is InChI=1S/C24H31FN2O3/c1-30-18-5-7-23-20(14-18)19(8-11-26-23)22(25)6-4-17-10-13-27(12-9-16-2-3-16)15-21(17)24(28)29/h5,7-8,11,14,16-17,21-22H,2-4,6,9-10,12-13,15H2,1H3,(H,28,29)/t17-,21+,22-/m1/s1. The summed E-state index contributed by atoms with van der Waals surface area (Å²) in [4.78, 5) is 18.5. The summed E-state index contributed by atoms with van der Waals surface area (Å²) in [5.41, 5.74) is 1.34. The number of ether oxygens (including phenoxy) is 1. The van der Waals surface area contributed by atoms with E-state index in [9.17, 15) is 9.90 Å². The molecule has 0 bridgehead atoms. The lowest BCUT2D eigenvalue weighted by Crippen LogP contribution is -2.44. The van der Waals surface area contributed by atoms with E-state index in [2.05, 4.69) is 9.88 Å². The molecule has 0 unspecified atom stereocenters. The highest BCUT2D eigenvalue weighted by atomic mass is 19.1. The van der Waals surface area contributed by atoms with Crippen molar-refractivity contribution >= 4 is 16.9 Å². The van der Waals surface area contributed by atoms with Crippen molar-refractivity contribution in [1.29, 1.82) is 0 Å². The number of carboxylic acids is 1. The molecule has 1 aliphatic carbocycles. The summed E-state index contributed by atoms with van der Waals surface area (Å²) in [6.07, 6.45) is 6.06. The quantitative estimate of drug-likeness (QED) is 0.635. The van der Waals surface area contributed by atoms with Crippen molar-refractivity contribution in [3.05, 3.63) is 36.0 Å². The molecule has 2 fully saturated rings. The van der Waals surface area contributed by atoms with E-state index in [-0.39, 0.29) is 5.92 Å². The molecule has 3 atom stereocenters. The number of carboxylic acid groups (broad SMARTS) is 1. The van der Waals surface area contributed by atoms with Crippen LogP contribution >= 0.6 is 0 Å². The van der Waals surface area contributed by atoms with Crippen molar-refractivity contribution in [2.24, 2.45) is 17.8 Å². The number of aromatic nitrogens is 1. The molecule has 5 nitrogen and oxygen atoms in total. The number of fused-ring (bicyclic) bond motifs is 1. The lowest BCUT2D eigenvalue weighted by molar-refractivity contribution is -0.146. The molecule has 2 aromatic rings. The Hall–Kier alpha value is -2.21. The second kappa shape index (κ2) is 9.29. The van der Waals surface area contributed by atoms with Crippen LogP contribution in [0, 0.1) is 17.8 Å². The third kappa shape index (κ3) is 4.91. The van der Waals surface area contributed by atoms with E-state index >= 15 is 4.39 Å². The minimum Gasteiger partial charge on any atom is -0.497 e. The molecule has 0 amide bonds. The van der Waals surface area contributed by atoms with Crippen LogP contribution in [0.1, 0.15) is 50.3 Å². The predicted octanol–water partition coefficient (Wildman–Crippen LogP) is 4.86. The van der Waals surface area contributed by atoms with Crippen LogP contribution in [-0.4, -0.2) is 47.7 Å². The van der Waals surface area contributed by atoms with Crippen molar-refractivity contribution in [1.82, 2.24) is 9.88 Å². The number of pyridine rings is 1. The van der Waals surface area contributed by atoms with Gasteiger partial charge in [0, 0.05) is 18.1 Å². The zero-order valence-corrected chi connectivity index (χ0v) is 17.6. The van der Waals surface area contributed by atoms with Crippen LogP contribution < -0.4 is 4.74 Å². The summed E-state index contributed by atoms with van der Waals surface area (Å²) >= 11 is 0. The second-order valence-electron chi connectivity index (χ2n) is 8.85. The predicted molar refractivity (Wildman–Crippen MR) is 114 cm³/mol. The number of halogens is 1. The van der Waals surface area contributed by atoms with Crippen molar-refractivity contribution in [3.8, 4) is 5.75 Å². The molecule has 1 saturated carbocycles. The molecule has 0 spiro atoms. The van der Waals surface area contributed by atoms with Gasteiger partial charge in [0.05, 0.1) is 18.5 Å². The van der Waals surface area contributed by atoms with E-state index in [0.717, 1.165) is 36.3 Å². The van der Waals surface area contributed by atoms with E-state index in [1.165, 1.54) is 19.3 Å². The molecule has 1 N–H and O–H groups in total. The summed E-state index contributed by atoms with van der Waals surface area (Å²) in [5, 5.41) is 10.5. The lowest BCUT2D eigenvalue weighted by atomic mass is 9.81. The maximum absolute atomic E-state index is 15.3. The van der Waals surface area contributed by atoms with Crippen molar-refractivity contribution in [2.75, 3.05) is 26.7 Å². The average Bonchev–Trinajstić information content (AvgIpc) is 3.60. The van der Waals surface area contributed by atoms with Crippen LogP contribution in [0.15, 0.2) is 30.5 Å². The monoisotopic (exact) mass is 414 g/mol. The molecule has 1 aliphatic heterocycles. The molecule has 30 heavy (non-hydrogen) atoms. The molecule has 0 radical (unpaired) electrons. The maximum atomic E-state index is 15.3. The molecular weight excluding hydrogens is 383 g/mol. The largest absolute Gasteiger partial charge is 0.497 e. The Bertz CT molecular complexity index is 886. The third-order valence-corrected chi connectivity index (χ3v) is 6.82. The minimum atomic E-state index is -1.15. The van der Waals surface area contributed by atoms with E-state index in [0.29, 0.717) is 30.7 Å². The smallest absolute Gasteiger partial charge is 0.308 e. The van der Waals surface area contributed by atoms with Gasteiger partial charge in [0.25, 0.3) is 0 Å². The van der Waals surface area contributed by atoms with Crippen LogP contribution in [0.3, 0.4) is 0 Å². The number of methoxy groups -OCH3 is 1. The molecule has 2 heterocycles. The van der Waals surface area contributed by atoms with Gasteiger partial charge in [0.15, 0.2) is 0 Å². The molecule has 6 heteroatoms. The first-order valence-electron chi connectivity index (χ1n) is 11.1. The van der Waals surface area contributed by atoms with E-state index in [1.54, 1.807) is 19.4 Å². The van der Waals surface area contributed by atoms with Gasteiger partial charge in [0.2, 0.25) is 0 Å². The lowest BCUT2D eigenvalue weighted by Gasteiger charge is -2.37. The number of carbonyl (C=O) groups is 1. The maximum Gasteiger partial charge on any atom is 0.308 e. The number of nitrogens with zero attached hydrogens (tertiary/aromatic N) is 2. The number of aliphatic carboxylic acids is 1. The number of benzene rings is 1. The van der Waals surface area contributed by atoms with Gasteiger partial charge >= 0.3 is 5.97 Å². The van der Waals surface area contributed by atoms with Crippen LogP contribution in [0.2, 0.25) is 0 Å².